The Labute approximate surface area is 445 Å². The summed E-state index contributed by atoms with van der Waals surface area (Å²) in [5.41, 5.74) is 5.38. The van der Waals surface area contributed by atoms with Gasteiger partial charge in [-0.25, -0.2) is 4.57 Å². The summed E-state index contributed by atoms with van der Waals surface area (Å²) >= 11 is 0. The molecule has 0 saturated carbocycles. The van der Waals surface area contributed by atoms with Gasteiger partial charge in [0, 0.05) is 19.4 Å². The number of rotatable bonds is 58. The third-order valence-corrected chi connectivity index (χ3v) is 14.5. The molecular weight excluding hydrogens is 918 g/mol. The number of nitrogens with two attached hydrogens (primary N) is 1. The van der Waals surface area contributed by atoms with Crippen molar-refractivity contribution in [3.8, 4) is 0 Å². The fourth-order valence-electron chi connectivity index (χ4n) is 8.98. The molecule has 0 aromatic carbocycles. The van der Waals surface area contributed by atoms with Gasteiger partial charge in [-0.2, -0.15) is 0 Å². The highest BCUT2D eigenvalue weighted by atomic mass is 31.2. The molecule has 0 fully saturated rings. The topological polar surface area (TPSA) is 134 Å². The molecule has 0 radical (unpaired) electrons. The van der Waals surface area contributed by atoms with E-state index in [1.165, 1.54) is 186 Å². The second-order valence-electron chi connectivity index (χ2n) is 20.6. The number of phosphoric ester groups is 1. The van der Waals surface area contributed by atoms with E-state index in [-0.39, 0.29) is 38.6 Å². The zero-order valence-corrected chi connectivity index (χ0v) is 48.1. The summed E-state index contributed by atoms with van der Waals surface area (Å²) in [7, 11) is -4.39. The molecule has 0 aliphatic rings. The Morgan fingerprint density at radius 1 is 0.431 bits per heavy atom. The molecule has 0 amide bonds. The van der Waals surface area contributed by atoms with Gasteiger partial charge < -0.3 is 20.1 Å². The Kier molecular flexibility index (Phi) is 56.6. The number of hydrogen-bond donors (Lipinski definition) is 2. The molecule has 72 heavy (non-hydrogen) atoms. The molecule has 10 heteroatoms. The van der Waals surface area contributed by atoms with Gasteiger partial charge in [0.15, 0.2) is 6.10 Å². The van der Waals surface area contributed by atoms with Crippen LogP contribution in [0.3, 0.4) is 0 Å². The average molecular weight is 1030 g/mol. The van der Waals surface area contributed by atoms with Crippen LogP contribution in [0.5, 0.6) is 0 Å². The standard InChI is InChI=1S/C62H116NO8P/c1-3-5-7-9-11-13-15-17-19-21-23-24-25-26-27-28-29-30-31-32-33-34-35-37-38-40-42-44-46-48-50-52-54-61(64)68-58-60(59-70-72(66,67)69-57-56-63)71-62(65)55-53-51-49-47-45-43-41-39-36-22-20-18-16-14-12-10-8-6-4-2/h6,8,12,14,18,20,36,39,60H,3-5,7,9-11,13,15-17,19,21-35,37-38,40-59,63H2,1-2H3,(H,66,67)/b8-6-,14-12-,20-18-,39-36-. The van der Waals surface area contributed by atoms with Gasteiger partial charge in [0.1, 0.15) is 6.61 Å². The summed E-state index contributed by atoms with van der Waals surface area (Å²) in [4.78, 5) is 35.2. The van der Waals surface area contributed by atoms with Gasteiger partial charge >= 0.3 is 19.8 Å². The number of allylic oxidation sites excluding steroid dienone is 8. The molecule has 0 rings (SSSR count). The molecule has 0 aromatic heterocycles. The van der Waals surface area contributed by atoms with Gasteiger partial charge in [-0.1, -0.05) is 287 Å². The molecule has 0 aliphatic carbocycles. The minimum absolute atomic E-state index is 0.0506. The predicted octanol–water partition coefficient (Wildman–Crippen LogP) is 19.4. The number of hydrogen-bond acceptors (Lipinski definition) is 8. The lowest BCUT2D eigenvalue weighted by molar-refractivity contribution is -0.161. The maximum atomic E-state index is 12.7. The van der Waals surface area contributed by atoms with Crippen molar-refractivity contribution < 1.29 is 37.6 Å². The number of esters is 2. The van der Waals surface area contributed by atoms with Gasteiger partial charge in [-0.3, -0.25) is 18.6 Å². The van der Waals surface area contributed by atoms with E-state index in [9.17, 15) is 19.0 Å². The normalized spacial score (nSPS) is 13.3. The Bertz CT molecular complexity index is 1320. The minimum atomic E-state index is -4.39. The van der Waals surface area contributed by atoms with Crippen molar-refractivity contribution in [1.29, 1.82) is 0 Å². The Hall–Kier alpha value is -2.03. The van der Waals surface area contributed by atoms with Crippen molar-refractivity contribution in [2.75, 3.05) is 26.4 Å². The van der Waals surface area contributed by atoms with E-state index in [1.807, 2.05) is 0 Å². The second-order valence-corrected chi connectivity index (χ2v) is 22.0. The maximum Gasteiger partial charge on any atom is 0.472 e. The summed E-state index contributed by atoms with van der Waals surface area (Å²) in [6.07, 6.45) is 71.9. The lowest BCUT2D eigenvalue weighted by atomic mass is 10.0. The van der Waals surface area contributed by atoms with Crippen LogP contribution in [0, 0.1) is 0 Å². The average Bonchev–Trinajstić information content (AvgIpc) is 3.37. The van der Waals surface area contributed by atoms with Gasteiger partial charge in [0.2, 0.25) is 0 Å². The number of ether oxygens (including phenoxy) is 2. The van der Waals surface area contributed by atoms with Crippen LogP contribution in [0.2, 0.25) is 0 Å². The molecule has 0 bridgehead atoms. The zero-order valence-electron chi connectivity index (χ0n) is 47.2. The smallest absolute Gasteiger partial charge is 0.462 e. The predicted molar refractivity (Wildman–Crippen MR) is 307 cm³/mol. The highest BCUT2D eigenvalue weighted by Crippen LogP contribution is 2.43. The van der Waals surface area contributed by atoms with Gasteiger partial charge in [-0.05, 0) is 51.4 Å². The first kappa shape index (κ1) is 70.0. The highest BCUT2D eigenvalue weighted by Gasteiger charge is 2.26. The maximum absolute atomic E-state index is 12.7. The molecule has 0 aromatic rings. The Balaban J connectivity index is 3.86. The first-order valence-corrected chi connectivity index (χ1v) is 32.1. The molecule has 9 nitrogen and oxygen atoms in total. The van der Waals surface area contributed by atoms with E-state index in [1.54, 1.807) is 0 Å². The molecule has 2 unspecified atom stereocenters. The lowest BCUT2D eigenvalue weighted by Gasteiger charge is -2.19. The first-order valence-electron chi connectivity index (χ1n) is 30.6. The fourth-order valence-corrected chi connectivity index (χ4v) is 9.75. The molecule has 0 spiro atoms. The van der Waals surface area contributed by atoms with E-state index >= 15 is 0 Å². The monoisotopic (exact) mass is 1030 g/mol. The number of unbranched alkanes of at least 4 members (excludes halogenated alkanes) is 37. The van der Waals surface area contributed by atoms with Crippen molar-refractivity contribution in [1.82, 2.24) is 0 Å². The number of carbonyl (C=O) groups is 2. The highest BCUT2D eigenvalue weighted by molar-refractivity contribution is 7.47. The SMILES string of the molecule is CC/C=C\C/C=C\C/C=C\C/C=C\CCCCCCCCC(=O)OC(COC(=O)CCCCCCCCCCCCCCCCCCCCCCCCCCCCCCCCCC)COP(=O)(O)OCCN. The van der Waals surface area contributed by atoms with Crippen LogP contribution in [0.4, 0.5) is 0 Å². The van der Waals surface area contributed by atoms with Crippen molar-refractivity contribution in [3.63, 3.8) is 0 Å². The van der Waals surface area contributed by atoms with E-state index in [2.05, 4.69) is 62.5 Å². The van der Waals surface area contributed by atoms with Gasteiger partial charge in [0.05, 0.1) is 13.2 Å². The number of carbonyl (C=O) groups excluding carboxylic acids is 2. The summed E-state index contributed by atoms with van der Waals surface area (Å²) in [5, 5.41) is 0. The van der Waals surface area contributed by atoms with Crippen molar-refractivity contribution >= 4 is 19.8 Å². The van der Waals surface area contributed by atoms with Crippen LogP contribution in [0.1, 0.15) is 303 Å². The van der Waals surface area contributed by atoms with Crippen molar-refractivity contribution in [2.24, 2.45) is 5.73 Å². The van der Waals surface area contributed by atoms with Gasteiger partial charge in [0.25, 0.3) is 0 Å². The summed E-state index contributed by atoms with van der Waals surface area (Å²) < 4.78 is 33.0. The molecule has 422 valence electrons. The minimum Gasteiger partial charge on any atom is -0.462 e. The molecule has 3 N–H and O–H groups in total. The zero-order chi connectivity index (χ0) is 52.4. The fraction of sp³-hybridized carbons (Fsp3) is 0.839. The summed E-state index contributed by atoms with van der Waals surface area (Å²) in [6, 6.07) is 0. The van der Waals surface area contributed by atoms with Gasteiger partial charge in [-0.15, -0.1) is 0 Å². The van der Waals surface area contributed by atoms with Crippen LogP contribution in [-0.2, 0) is 32.7 Å². The molecular formula is C62H116NO8P. The van der Waals surface area contributed by atoms with Crippen molar-refractivity contribution in [2.45, 2.75) is 309 Å². The quantitative estimate of drug-likeness (QED) is 0.0264. The van der Waals surface area contributed by atoms with Crippen LogP contribution >= 0.6 is 7.82 Å². The molecule has 2 atom stereocenters. The lowest BCUT2D eigenvalue weighted by Crippen LogP contribution is -2.29. The Morgan fingerprint density at radius 2 is 0.764 bits per heavy atom. The van der Waals surface area contributed by atoms with Crippen LogP contribution in [-0.4, -0.2) is 49.3 Å². The largest absolute Gasteiger partial charge is 0.472 e. The Morgan fingerprint density at radius 3 is 1.14 bits per heavy atom. The third kappa shape index (κ3) is 57.3. The van der Waals surface area contributed by atoms with Crippen LogP contribution in [0.25, 0.3) is 0 Å². The first-order chi connectivity index (χ1) is 35.3. The van der Waals surface area contributed by atoms with E-state index in [0.29, 0.717) is 6.42 Å². The van der Waals surface area contributed by atoms with E-state index < -0.39 is 26.5 Å². The molecule has 0 saturated heterocycles. The number of phosphoric acid groups is 1. The summed E-state index contributed by atoms with van der Waals surface area (Å²) in [5.74, 6) is -0.832. The van der Waals surface area contributed by atoms with E-state index in [0.717, 1.165) is 83.5 Å². The summed E-state index contributed by atoms with van der Waals surface area (Å²) in [6.45, 7) is 3.66. The second kappa shape index (κ2) is 58.2. The molecule has 0 aliphatic heterocycles. The van der Waals surface area contributed by atoms with Crippen molar-refractivity contribution in [3.05, 3.63) is 48.6 Å². The van der Waals surface area contributed by atoms with Crippen LogP contribution < -0.4 is 5.73 Å². The molecule has 0 heterocycles. The van der Waals surface area contributed by atoms with E-state index in [4.69, 9.17) is 24.3 Å². The van der Waals surface area contributed by atoms with Crippen LogP contribution in [0.15, 0.2) is 48.6 Å². The third-order valence-electron chi connectivity index (χ3n) is 13.5.